The molecule has 0 amide bonds. The van der Waals surface area contributed by atoms with Crippen molar-refractivity contribution in [3.8, 4) is 11.4 Å². The Morgan fingerprint density at radius 2 is 1.58 bits per heavy atom. The van der Waals surface area contributed by atoms with Gasteiger partial charge < -0.3 is 5.32 Å². The third kappa shape index (κ3) is 4.34. The first-order valence-electron chi connectivity index (χ1n) is 11.2. The van der Waals surface area contributed by atoms with E-state index in [4.69, 9.17) is 9.97 Å². The van der Waals surface area contributed by atoms with Gasteiger partial charge in [0.2, 0.25) is 10.0 Å². The van der Waals surface area contributed by atoms with Crippen molar-refractivity contribution in [3.05, 3.63) is 78.4 Å². The van der Waals surface area contributed by atoms with E-state index in [9.17, 15) is 8.42 Å². The first kappa shape index (κ1) is 21.6. The van der Waals surface area contributed by atoms with E-state index in [2.05, 4.69) is 5.32 Å². The second-order valence-corrected chi connectivity index (χ2v) is 10.3. The van der Waals surface area contributed by atoms with Crippen LogP contribution < -0.4 is 5.32 Å². The molecule has 0 radical (unpaired) electrons. The molecule has 1 aliphatic heterocycles. The van der Waals surface area contributed by atoms with Crippen LogP contribution in [0.15, 0.2) is 77.7 Å². The number of benzene rings is 3. The molecular formula is C26H26N4O2S. The number of aromatic nitrogens is 2. The van der Waals surface area contributed by atoms with Gasteiger partial charge in [-0.05, 0) is 49.6 Å². The summed E-state index contributed by atoms with van der Waals surface area (Å²) in [4.78, 5) is 9.86. The van der Waals surface area contributed by atoms with Crippen molar-refractivity contribution in [1.82, 2.24) is 14.3 Å². The van der Waals surface area contributed by atoms with E-state index in [1.165, 1.54) is 0 Å². The molecule has 0 bridgehead atoms. The van der Waals surface area contributed by atoms with Gasteiger partial charge in [-0.25, -0.2) is 18.4 Å². The average molecular weight is 459 g/mol. The second kappa shape index (κ2) is 8.92. The van der Waals surface area contributed by atoms with Crippen molar-refractivity contribution in [3.63, 3.8) is 0 Å². The standard InChI is InChI=1S/C26H26N4O2S/c1-19-14-15-21(18-24(19)33(31,32)30-16-8-3-9-17-30)27-26-22-12-6-7-13-23(22)28-25(29-26)20-10-4-2-5-11-20/h2,4-7,10-15,18H,3,8-9,16-17H2,1H3,(H,27,28,29). The van der Waals surface area contributed by atoms with Crippen LogP contribution in [0, 0.1) is 6.92 Å². The number of hydrogen-bond acceptors (Lipinski definition) is 5. The quantitative estimate of drug-likeness (QED) is 0.426. The molecule has 1 saturated heterocycles. The lowest BCUT2D eigenvalue weighted by atomic mass is 10.1. The Hall–Kier alpha value is -3.29. The lowest BCUT2D eigenvalue weighted by Crippen LogP contribution is -2.35. The first-order chi connectivity index (χ1) is 16.0. The van der Waals surface area contributed by atoms with E-state index in [0.29, 0.717) is 35.3 Å². The minimum atomic E-state index is -3.54. The smallest absolute Gasteiger partial charge is 0.243 e. The van der Waals surface area contributed by atoms with Crippen molar-refractivity contribution in [2.45, 2.75) is 31.1 Å². The fourth-order valence-corrected chi connectivity index (χ4v) is 5.99. The van der Waals surface area contributed by atoms with Gasteiger partial charge in [-0.2, -0.15) is 4.31 Å². The highest BCUT2D eigenvalue weighted by Crippen LogP contribution is 2.30. The van der Waals surface area contributed by atoms with Gasteiger partial charge in [-0.1, -0.05) is 55.0 Å². The summed E-state index contributed by atoms with van der Waals surface area (Å²) in [5, 5.41) is 4.24. The van der Waals surface area contributed by atoms with Crippen LogP contribution in [-0.4, -0.2) is 35.8 Å². The maximum Gasteiger partial charge on any atom is 0.243 e. The van der Waals surface area contributed by atoms with Crippen LogP contribution in [0.4, 0.5) is 11.5 Å². The van der Waals surface area contributed by atoms with Gasteiger partial charge >= 0.3 is 0 Å². The minimum Gasteiger partial charge on any atom is -0.340 e. The van der Waals surface area contributed by atoms with Crippen LogP contribution in [-0.2, 0) is 10.0 Å². The van der Waals surface area contributed by atoms with Gasteiger partial charge in [-0.15, -0.1) is 0 Å². The Balaban J connectivity index is 1.56. The summed E-state index contributed by atoms with van der Waals surface area (Å²) in [7, 11) is -3.54. The van der Waals surface area contributed by atoms with Gasteiger partial charge in [0.25, 0.3) is 0 Å². The fraction of sp³-hybridized carbons (Fsp3) is 0.231. The van der Waals surface area contributed by atoms with E-state index >= 15 is 0 Å². The largest absolute Gasteiger partial charge is 0.340 e. The highest BCUT2D eigenvalue weighted by molar-refractivity contribution is 7.89. The van der Waals surface area contributed by atoms with Crippen molar-refractivity contribution in [2.24, 2.45) is 0 Å². The Morgan fingerprint density at radius 3 is 2.36 bits per heavy atom. The molecule has 6 nitrogen and oxygen atoms in total. The van der Waals surface area contributed by atoms with Crippen molar-refractivity contribution in [2.75, 3.05) is 18.4 Å². The number of nitrogens with one attached hydrogen (secondary N) is 1. The lowest BCUT2D eigenvalue weighted by Gasteiger charge is -2.26. The van der Waals surface area contributed by atoms with Crippen molar-refractivity contribution in [1.29, 1.82) is 0 Å². The van der Waals surface area contributed by atoms with Crippen LogP contribution in [0.3, 0.4) is 0 Å². The molecule has 7 heteroatoms. The summed E-state index contributed by atoms with van der Waals surface area (Å²) >= 11 is 0. The molecule has 0 spiro atoms. The molecule has 2 heterocycles. The monoisotopic (exact) mass is 458 g/mol. The summed E-state index contributed by atoms with van der Waals surface area (Å²) in [6.07, 6.45) is 2.90. The molecule has 33 heavy (non-hydrogen) atoms. The van der Waals surface area contributed by atoms with Crippen LogP contribution in [0.1, 0.15) is 24.8 Å². The Kier molecular flexibility index (Phi) is 5.83. The Labute approximate surface area is 194 Å². The number of hydrogen-bond donors (Lipinski definition) is 1. The number of nitrogens with zero attached hydrogens (tertiary/aromatic N) is 3. The predicted molar refractivity (Wildman–Crippen MR) is 132 cm³/mol. The molecule has 1 aromatic heterocycles. The summed E-state index contributed by atoms with van der Waals surface area (Å²) < 4.78 is 28.3. The molecule has 3 aromatic carbocycles. The van der Waals surface area contributed by atoms with E-state index in [-0.39, 0.29) is 0 Å². The summed E-state index contributed by atoms with van der Waals surface area (Å²) in [6, 6.07) is 23.1. The van der Waals surface area contributed by atoms with Gasteiger partial charge in [-0.3, -0.25) is 0 Å². The number of rotatable bonds is 5. The normalized spacial score (nSPS) is 14.9. The SMILES string of the molecule is Cc1ccc(Nc2nc(-c3ccccc3)nc3ccccc23)cc1S(=O)(=O)N1CCCCC1. The minimum absolute atomic E-state index is 0.344. The third-order valence-corrected chi connectivity index (χ3v) is 8.06. The van der Waals surface area contributed by atoms with Crippen LogP contribution in [0.25, 0.3) is 22.3 Å². The van der Waals surface area contributed by atoms with Crippen LogP contribution >= 0.6 is 0 Å². The first-order valence-corrected chi connectivity index (χ1v) is 12.7. The molecule has 0 atom stereocenters. The maximum absolute atomic E-state index is 13.3. The second-order valence-electron chi connectivity index (χ2n) is 8.35. The van der Waals surface area contributed by atoms with E-state index in [1.807, 2.05) is 73.7 Å². The van der Waals surface area contributed by atoms with Gasteiger partial charge in [0.05, 0.1) is 10.4 Å². The van der Waals surface area contributed by atoms with Crippen molar-refractivity contribution < 1.29 is 8.42 Å². The van der Waals surface area contributed by atoms with E-state index < -0.39 is 10.0 Å². The van der Waals surface area contributed by atoms with E-state index in [0.717, 1.165) is 41.3 Å². The number of fused-ring (bicyclic) bond motifs is 1. The molecule has 168 valence electrons. The lowest BCUT2D eigenvalue weighted by molar-refractivity contribution is 0.346. The fourth-order valence-electron chi connectivity index (χ4n) is 4.23. The number of aryl methyl sites for hydroxylation is 1. The van der Waals surface area contributed by atoms with Crippen LogP contribution in [0.5, 0.6) is 0 Å². The zero-order chi connectivity index (χ0) is 22.8. The molecule has 1 N–H and O–H groups in total. The third-order valence-electron chi connectivity index (χ3n) is 6.02. The van der Waals surface area contributed by atoms with Gasteiger partial charge in [0.1, 0.15) is 5.82 Å². The zero-order valence-electron chi connectivity index (χ0n) is 18.5. The Morgan fingerprint density at radius 1 is 0.848 bits per heavy atom. The highest BCUT2D eigenvalue weighted by Gasteiger charge is 2.27. The van der Waals surface area contributed by atoms with Crippen LogP contribution in [0.2, 0.25) is 0 Å². The van der Waals surface area contributed by atoms with E-state index in [1.54, 1.807) is 10.4 Å². The number of piperidine rings is 1. The summed E-state index contributed by atoms with van der Waals surface area (Å²) in [5.74, 6) is 1.26. The molecule has 0 saturated carbocycles. The molecule has 1 aliphatic rings. The van der Waals surface area contributed by atoms with Gasteiger partial charge in [0, 0.05) is 29.7 Å². The number of anilines is 2. The molecule has 0 unspecified atom stereocenters. The molecule has 1 fully saturated rings. The molecule has 4 aromatic rings. The maximum atomic E-state index is 13.3. The molecular weight excluding hydrogens is 432 g/mol. The highest BCUT2D eigenvalue weighted by atomic mass is 32.2. The molecule has 5 rings (SSSR count). The van der Waals surface area contributed by atoms with Gasteiger partial charge in [0.15, 0.2) is 5.82 Å². The summed E-state index contributed by atoms with van der Waals surface area (Å²) in [5.41, 5.74) is 3.16. The average Bonchev–Trinajstić information content (AvgIpc) is 2.86. The number of para-hydroxylation sites is 1. The van der Waals surface area contributed by atoms with Crippen molar-refractivity contribution >= 4 is 32.4 Å². The summed E-state index contributed by atoms with van der Waals surface area (Å²) in [6.45, 7) is 3.00. The number of sulfonamides is 1. The Bertz CT molecular complexity index is 1400. The topological polar surface area (TPSA) is 75.2 Å². The predicted octanol–water partition coefficient (Wildman–Crippen LogP) is 5.52. The zero-order valence-corrected chi connectivity index (χ0v) is 19.3. The molecule has 0 aliphatic carbocycles.